The Balaban J connectivity index is 1.84. The van der Waals surface area contributed by atoms with E-state index in [1.165, 1.54) is 18.5 Å². The highest BCUT2D eigenvalue weighted by molar-refractivity contribution is 5.18. The average Bonchev–Trinajstić information content (AvgIpc) is 2.92. The smallest absolute Gasteiger partial charge is 0.0710 e. The predicted octanol–water partition coefficient (Wildman–Crippen LogP) is 2.45. The molecule has 106 valence electrons. The first-order valence-electron chi connectivity index (χ1n) is 7.37. The maximum absolute atomic E-state index is 5.42. The van der Waals surface area contributed by atoms with Gasteiger partial charge in [-0.25, -0.2) is 0 Å². The molecule has 0 bridgehead atoms. The number of benzene rings is 1. The molecule has 2 atom stereocenters. The van der Waals surface area contributed by atoms with Gasteiger partial charge < -0.3 is 15.0 Å². The monoisotopic (exact) mass is 262 g/mol. The second-order valence-electron chi connectivity index (χ2n) is 5.26. The quantitative estimate of drug-likeness (QED) is 0.817. The van der Waals surface area contributed by atoms with Crippen molar-refractivity contribution in [3.8, 4) is 0 Å². The molecule has 0 saturated carbocycles. The largest absolute Gasteiger partial charge is 0.380 e. The average molecular weight is 262 g/mol. The lowest BCUT2D eigenvalue weighted by atomic mass is 10.0. The molecular formula is C16H26N2O. The Morgan fingerprint density at radius 3 is 2.79 bits per heavy atom. The van der Waals surface area contributed by atoms with E-state index < -0.39 is 0 Å². The van der Waals surface area contributed by atoms with Gasteiger partial charge in [-0.1, -0.05) is 37.3 Å². The van der Waals surface area contributed by atoms with Gasteiger partial charge >= 0.3 is 0 Å². The Hall–Kier alpha value is -0.900. The van der Waals surface area contributed by atoms with E-state index >= 15 is 0 Å². The molecule has 19 heavy (non-hydrogen) atoms. The lowest BCUT2D eigenvalue weighted by molar-refractivity contribution is 0.107. The summed E-state index contributed by atoms with van der Waals surface area (Å²) in [6.45, 7) is 6.59. The van der Waals surface area contributed by atoms with Crippen LogP contribution in [0.1, 0.15) is 31.4 Å². The van der Waals surface area contributed by atoms with Gasteiger partial charge in [-0.2, -0.15) is 0 Å². The topological polar surface area (TPSA) is 24.5 Å². The summed E-state index contributed by atoms with van der Waals surface area (Å²) in [6.07, 6.45) is 2.77. The second kappa shape index (κ2) is 7.63. The molecule has 3 nitrogen and oxygen atoms in total. The maximum atomic E-state index is 5.42. The predicted molar refractivity (Wildman–Crippen MR) is 79.3 cm³/mol. The molecule has 1 aromatic carbocycles. The SMILES string of the molecule is CCNC(CCN1CCC(OC)C1)c1ccccc1. The van der Waals surface area contributed by atoms with Gasteiger partial charge in [0.25, 0.3) is 0 Å². The van der Waals surface area contributed by atoms with E-state index in [2.05, 4.69) is 47.5 Å². The third-order valence-corrected chi connectivity index (χ3v) is 3.95. The molecule has 0 amide bonds. The summed E-state index contributed by atoms with van der Waals surface area (Å²) in [5, 5.41) is 3.59. The van der Waals surface area contributed by atoms with Crippen molar-refractivity contribution in [3.05, 3.63) is 35.9 Å². The van der Waals surface area contributed by atoms with E-state index in [4.69, 9.17) is 4.74 Å². The van der Waals surface area contributed by atoms with Crippen LogP contribution >= 0.6 is 0 Å². The molecular weight excluding hydrogens is 236 g/mol. The Morgan fingerprint density at radius 2 is 2.16 bits per heavy atom. The van der Waals surface area contributed by atoms with E-state index in [9.17, 15) is 0 Å². The van der Waals surface area contributed by atoms with E-state index in [1.807, 2.05) is 7.11 Å². The molecule has 2 unspecified atom stereocenters. The summed E-state index contributed by atoms with van der Waals surface area (Å²) in [5.74, 6) is 0. The molecule has 1 saturated heterocycles. The van der Waals surface area contributed by atoms with Crippen LogP contribution in [0.2, 0.25) is 0 Å². The minimum Gasteiger partial charge on any atom is -0.380 e. The fourth-order valence-corrected chi connectivity index (χ4v) is 2.82. The Bertz CT molecular complexity index is 355. The van der Waals surface area contributed by atoms with Crippen molar-refractivity contribution in [2.45, 2.75) is 31.9 Å². The number of likely N-dealkylation sites (tertiary alicyclic amines) is 1. The summed E-state index contributed by atoms with van der Waals surface area (Å²) in [7, 11) is 1.82. The molecule has 0 radical (unpaired) electrons. The number of nitrogens with zero attached hydrogens (tertiary/aromatic N) is 1. The zero-order chi connectivity index (χ0) is 13.5. The highest BCUT2D eigenvalue weighted by Gasteiger charge is 2.22. The molecule has 1 aliphatic rings. The highest BCUT2D eigenvalue weighted by Crippen LogP contribution is 2.19. The van der Waals surface area contributed by atoms with Crippen LogP contribution in [0.3, 0.4) is 0 Å². The number of rotatable bonds is 7. The Morgan fingerprint density at radius 1 is 1.37 bits per heavy atom. The van der Waals surface area contributed by atoms with Crippen molar-refractivity contribution in [2.75, 3.05) is 33.3 Å². The van der Waals surface area contributed by atoms with Gasteiger partial charge in [-0.15, -0.1) is 0 Å². The van der Waals surface area contributed by atoms with Crippen LogP contribution in [0.15, 0.2) is 30.3 Å². The Kier molecular flexibility index (Phi) is 5.83. The number of hydrogen-bond donors (Lipinski definition) is 1. The van der Waals surface area contributed by atoms with Gasteiger partial charge in [0.2, 0.25) is 0 Å². The maximum Gasteiger partial charge on any atom is 0.0710 e. The van der Waals surface area contributed by atoms with Crippen molar-refractivity contribution in [1.82, 2.24) is 10.2 Å². The molecule has 1 fully saturated rings. The zero-order valence-corrected chi connectivity index (χ0v) is 12.1. The standard InChI is InChI=1S/C16H26N2O/c1-3-17-16(14-7-5-4-6-8-14)10-12-18-11-9-15(13-18)19-2/h4-8,15-17H,3,9-13H2,1-2H3. The molecule has 1 aliphatic heterocycles. The molecule has 1 aromatic rings. The van der Waals surface area contributed by atoms with Crippen LogP contribution in [-0.2, 0) is 4.74 Å². The van der Waals surface area contributed by atoms with Gasteiger partial charge in [0.15, 0.2) is 0 Å². The van der Waals surface area contributed by atoms with E-state index in [0.29, 0.717) is 12.1 Å². The third-order valence-electron chi connectivity index (χ3n) is 3.95. The molecule has 1 heterocycles. The molecule has 3 heteroatoms. The molecule has 2 rings (SSSR count). The number of methoxy groups -OCH3 is 1. The first-order chi connectivity index (χ1) is 9.33. The first-order valence-corrected chi connectivity index (χ1v) is 7.37. The highest BCUT2D eigenvalue weighted by atomic mass is 16.5. The summed E-state index contributed by atoms with van der Waals surface area (Å²) < 4.78 is 5.42. The summed E-state index contributed by atoms with van der Waals surface area (Å²) in [5.41, 5.74) is 1.40. The van der Waals surface area contributed by atoms with Crippen LogP contribution in [0.5, 0.6) is 0 Å². The fraction of sp³-hybridized carbons (Fsp3) is 0.625. The van der Waals surface area contributed by atoms with Gasteiger partial charge in [0.1, 0.15) is 0 Å². The van der Waals surface area contributed by atoms with Crippen LogP contribution in [0.4, 0.5) is 0 Å². The lowest BCUT2D eigenvalue weighted by Crippen LogP contribution is -2.29. The summed E-state index contributed by atoms with van der Waals surface area (Å²) in [6, 6.07) is 11.2. The first kappa shape index (κ1) is 14.5. The minimum atomic E-state index is 0.439. The lowest BCUT2D eigenvalue weighted by Gasteiger charge is -2.22. The fourth-order valence-electron chi connectivity index (χ4n) is 2.82. The van der Waals surface area contributed by atoms with Crippen LogP contribution in [0, 0.1) is 0 Å². The molecule has 0 aliphatic carbocycles. The van der Waals surface area contributed by atoms with Crippen molar-refractivity contribution >= 4 is 0 Å². The summed E-state index contributed by atoms with van der Waals surface area (Å²) >= 11 is 0. The number of hydrogen-bond acceptors (Lipinski definition) is 3. The zero-order valence-electron chi connectivity index (χ0n) is 12.1. The van der Waals surface area contributed by atoms with Crippen molar-refractivity contribution in [3.63, 3.8) is 0 Å². The van der Waals surface area contributed by atoms with Gasteiger partial charge in [0, 0.05) is 32.8 Å². The van der Waals surface area contributed by atoms with Gasteiger partial charge in [-0.3, -0.25) is 0 Å². The van der Waals surface area contributed by atoms with E-state index in [-0.39, 0.29) is 0 Å². The van der Waals surface area contributed by atoms with Crippen LogP contribution < -0.4 is 5.32 Å². The molecule has 1 N–H and O–H groups in total. The van der Waals surface area contributed by atoms with Crippen LogP contribution in [-0.4, -0.2) is 44.3 Å². The van der Waals surface area contributed by atoms with E-state index in [1.54, 1.807) is 0 Å². The minimum absolute atomic E-state index is 0.439. The van der Waals surface area contributed by atoms with Gasteiger partial charge in [-0.05, 0) is 24.9 Å². The molecule has 0 spiro atoms. The van der Waals surface area contributed by atoms with Crippen molar-refractivity contribution in [2.24, 2.45) is 0 Å². The normalized spacial score (nSPS) is 21.7. The third kappa shape index (κ3) is 4.30. The second-order valence-corrected chi connectivity index (χ2v) is 5.26. The number of ether oxygens (including phenoxy) is 1. The van der Waals surface area contributed by atoms with Gasteiger partial charge in [0.05, 0.1) is 6.10 Å². The van der Waals surface area contributed by atoms with Crippen molar-refractivity contribution < 1.29 is 4.74 Å². The van der Waals surface area contributed by atoms with Crippen LogP contribution in [0.25, 0.3) is 0 Å². The number of nitrogens with one attached hydrogen (secondary N) is 1. The Labute approximate surface area is 116 Å². The molecule has 0 aromatic heterocycles. The summed E-state index contributed by atoms with van der Waals surface area (Å²) in [4.78, 5) is 2.52. The van der Waals surface area contributed by atoms with E-state index in [0.717, 1.165) is 26.1 Å². The van der Waals surface area contributed by atoms with Crippen molar-refractivity contribution in [1.29, 1.82) is 0 Å².